The van der Waals surface area contributed by atoms with Crippen molar-refractivity contribution in [3.05, 3.63) is 134 Å². The number of methoxy groups -OCH3 is 1. The molecule has 1 aromatic heterocycles. The number of benzene rings is 4. The van der Waals surface area contributed by atoms with Crippen LogP contribution in [-0.2, 0) is 32.1 Å². The topological polar surface area (TPSA) is 211 Å². The van der Waals surface area contributed by atoms with Crippen LogP contribution in [-0.4, -0.2) is 204 Å². The Balaban J connectivity index is 0.681. The summed E-state index contributed by atoms with van der Waals surface area (Å²) >= 11 is 0. The summed E-state index contributed by atoms with van der Waals surface area (Å²) in [7, 11) is 1.56. The molecule has 22 heteroatoms. The van der Waals surface area contributed by atoms with E-state index in [1.165, 1.54) is 17.0 Å². The summed E-state index contributed by atoms with van der Waals surface area (Å²) < 4.78 is 48.2. The number of rotatable bonds is 19. The maximum absolute atomic E-state index is 15.9. The molecular formula is C69H88F2N10O10. The molecule has 2 atom stereocenters. The van der Waals surface area contributed by atoms with Crippen LogP contribution in [0.25, 0.3) is 10.8 Å². The van der Waals surface area contributed by atoms with Crippen LogP contribution >= 0.6 is 0 Å². The number of aromatic amines is 1. The first-order valence-electron chi connectivity index (χ1n) is 32.5. The summed E-state index contributed by atoms with van der Waals surface area (Å²) in [5, 5.41) is 11.0. The number of hydrogen-bond acceptors (Lipinski definition) is 13. The van der Waals surface area contributed by atoms with E-state index in [-0.39, 0.29) is 85.4 Å². The van der Waals surface area contributed by atoms with Crippen LogP contribution in [0.15, 0.2) is 83.7 Å². The van der Waals surface area contributed by atoms with E-state index in [1.54, 1.807) is 97.2 Å². The van der Waals surface area contributed by atoms with Crippen LogP contribution in [0, 0.1) is 23.5 Å². The third-order valence-corrected chi connectivity index (χ3v) is 18.7. The predicted octanol–water partition coefficient (Wildman–Crippen LogP) is 7.86. The van der Waals surface area contributed by atoms with Crippen LogP contribution in [0.5, 0.6) is 11.5 Å². The van der Waals surface area contributed by atoms with Gasteiger partial charge in [0.15, 0.2) is 0 Å². The number of piperidine rings is 2. The largest absolute Gasteiger partial charge is 0.497 e. The summed E-state index contributed by atoms with van der Waals surface area (Å²) in [6.45, 7) is 14.5. The van der Waals surface area contributed by atoms with E-state index in [0.29, 0.717) is 122 Å². The number of halogens is 2. The minimum absolute atomic E-state index is 0.00458. The van der Waals surface area contributed by atoms with E-state index in [2.05, 4.69) is 25.3 Å². The van der Waals surface area contributed by atoms with Crippen molar-refractivity contribution in [2.75, 3.05) is 112 Å². The van der Waals surface area contributed by atoms with Gasteiger partial charge in [-0.1, -0.05) is 49.6 Å². The van der Waals surface area contributed by atoms with E-state index in [4.69, 9.17) is 14.2 Å². The number of nitrogens with zero attached hydrogens (tertiary/aromatic N) is 8. The molecule has 5 aliphatic rings. The van der Waals surface area contributed by atoms with Crippen molar-refractivity contribution in [3.63, 3.8) is 0 Å². The summed E-state index contributed by atoms with van der Waals surface area (Å²) in [5.74, 6) is -1.58. The first kappa shape index (κ1) is 66.0. The number of likely N-dealkylation sites (tertiary alicyclic amines) is 2. The Morgan fingerprint density at radius 3 is 2.12 bits per heavy atom. The van der Waals surface area contributed by atoms with Crippen molar-refractivity contribution in [1.82, 2.24) is 49.8 Å². The zero-order chi connectivity index (χ0) is 64.3. The van der Waals surface area contributed by atoms with Crippen molar-refractivity contribution in [2.24, 2.45) is 11.8 Å². The van der Waals surface area contributed by atoms with Gasteiger partial charge in [-0.15, -0.1) is 0 Å². The van der Waals surface area contributed by atoms with Gasteiger partial charge >= 0.3 is 6.09 Å². The summed E-state index contributed by atoms with van der Waals surface area (Å²) in [6.07, 6.45) is 7.34. The second kappa shape index (κ2) is 30.0. The number of amides is 6. The molecule has 20 nitrogen and oxygen atoms in total. The van der Waals surface area contributed by atoms with Gasteiger partial charge in [-0.3, -0.25) is 43.5 Å². The Labute approximate surface area is 531 Å². The average Bonchev–Trinajstić information content (AvgIpc) is 0.982. The molecule has 10 rings (SSSR count). The summed E-state index contributed by atoms with van der Waals surface area (Å²) in [5.41, 5.74) is 1.37. The number of hydrogen-bond donors (Lipinski definition) is 2. The molecule has 488 valence electrons. The van der Waals surface area contributed by atoms with Gasteiger partial charge in [0.2, 0.25) is 17.7 Å². The highest BCUT2D eigenvalue weighted by atomic mass is 19.1. The standard InChI is InChI=1S/C69H88F2N10O10/c1-6-90-60-40-52(89-5)21-19-51(60)43-81(68(88)91-69(2,3)4)45-62(83)80-26-12-15-50(42-80)49-20-23-57(70)55(39-49)64(84)72-63(48-13-8-7-9-14-48)67(87)79-31-29-76(30-32-79)41-46-24-27-75(28-25-46)44-61(82)77-33-35-78(36-34-77)66(86)56-37-47(18-22-58(56)71)38-59-53-16-10-11-17-54(53)65(85)74-73-59/h10-11,16-23,37,39-40,46,48,50,63H,6-9,12-15,24-36,38,41-45H2,1-5H3,(H,72,84)(H,74,85)/t50?,63-/m1/s1. The Morgan fingerprint density at radius 2 is 1.41 bits per heavy atom. The van der Waals surface area contributed by atoms with Crippen LogP contribution < -0.4 is 20.3 Å². The number of ether oxygens (including phenoxy) is 3. The Bertz CT molecular complexity index is 3480. The second-order valence-electron chi connectivity index (χ2n) is 26.1. The molecule has 4 aromatic carbocycles. The van der Waals surface area contributed by atoms with Gasteiger partial charge < -0.3 is 39.1 Å². The van der Waals surface area contributed by atoms with Gasteiger partial charge in [-0.2, -0.15) is 5.10 Å². The number of piperazine rings is 2. The molecule has 5 aromatic rings. The van der Waals surface area contributed by atoms with Gasteiger partial charge in [0.25, 0.3) is 17.4 Å². The maximum atomic E-state index is 15.9. The first-order chi connectivity index (χ1) is 43.8. The van der Waals surface area contributed by atoms with E-state index in [1.807, 2.05) is 24.0 Å². The summed E-state index contributed by atoms with van der Waals surface area (Å²) in [4.78, 5) is 109. The third-order valence-electron chi connectivity index (χ3n) is 18.7. The number of aromatic nitrogens is 2. The minimum Gasteiger partial charge on any atom is -0.497 e. The molecule has 1 aliphatic carbocycles. The molecule has 4 aliphatic heterocycles. The second-order valence-corrected chi connectivity index (χ2v) is 26.1. The van der Waals surface area contributed by atoms with Crippen LogP contribution in [0.1, 0.15) is 135 Å². The highest BCUT2D eigenvalue weighted by molar-refractivity contribution is 5.98. The van der Waals surface area contributed by atoms with Gasteiger partial charge in [0.05, 0.1) is 49.0 Å². The summed E-state index contributed by atoms with van der Waals surface area (Å²) in [6, 6.07) is 20.6. The zero-order valence-corrected chi connectivity index (χ0v) is 53.3. The van der Waals surface area contributed by atoms with Crippen molar-refractivity contribution in [1.29, 1.82) is 0 Å². The lowest BCUT2D eigenvalue weighted by atomic mass is 9.83. The lowest BCUT2D eigenvalue weighted by Crippen LogP contribution is -2.57. The first-order valence-corrected chi connectivity index (χ1v) is 32.5. The Morgan fingerprint density at radius 1 is 0.714 bits per heavy atom. The molecule has 5 fully saturated rings. The van der Waals surface area contributed by atoms with E-state index in [9.17, 15) is 33.6 Å². The molecule has 91 heavy (non-hydrogen) atoms. The SMILES string of the molecule is CCOc1cc(OC)ccc1CN(CC(=O)N1CCCC(c2ccc(F)c(C(=O)N[C@@H](C(=O)N3CCN(CC4CCN(CC(=O)N5CCN(C(=O)c6cc(Cc7n[nH]c(=O)c8ccccc78)ccc6F)CC5)CC4)CC3)C3CCCCC3)c2)C1)C(=O)OC(C)(C)C. The predicted molar refractivity (Wildman–Crippen MR) is 340 cm³/mol. The molecule has 0 spiro atoms. The maximum Gasteiger partial charge on any atom is 0.411 e. The number of H-pyrrole nitrogens is 1. The minimum atomic E-state index is -0.816. The van der Waals surface area contributed by atoms with Gasteiger partial charge in [0, 0.05) is 101 Å². The quantitative estimate of drug-likeness (QED) is 0.0808. The Kier molecular flexibility index (Phi) is 21.7. The van der Waals surface area contributed by atoms with Crippen LogP contribution in [0.4, 0.5) is 13.6 Å². The van der Waals surface area contributed by atoms with Crippen LogP contribution in [0.3, 0.4) is 0 Å². The lowest BCUT2D eigenvalue weighted by molar-refractivity contribution is -0.137. The number of nitrogens with one attached hydrogen (secondary N) is 2. The van der Waals surface area contributed by atoms with Gasteiger partial charge in [-0.25, -0.2) is 18.7 Å². The molecular weight excluding hydrogens is 1170 g/mol. The molecule has 6 amide bonds. The Hall–Kier alpha value is -7.98. The molecule has 1 unspecified atom stereocenters. The van der Waals surface area contributed by atoms with Crippen molar-refractivity contribution in [2.45, 2.75) is 116 Å². The number of fused-ring (bicyclic) bond motifs is 1. The monoisotopic (exact) mass is 1250 g/mol. The molecule has 4 saturated heterocycles. The fourth-order valence-corrected chi connectivity index (χ4v) is 13.6. The van der Waals surface area contributed by atoms with Crippen LogP contribution in [0.2, 0.25) is 0 Å². The number of carbonyl (C=O) groups excluding carboxylic acids is 6. The third kappa shape index (κ3) is 16.8. The molecule has 1 saturated carbocycles. The van der Waals surface area contributed by atoms with Crippen molar-refractivity contribution in [3.8, 4) is 11.5 Å². The molecule has 0 bridgehead atoms. The van der Waals surface area contributed by atoms with E-state index >= 15 is 8.78 Å². The normalized spacial score (nSPS) is 18.6. The fourth-order valence-electron chi connectivity index (χ4n) is 13.6. The van der Waals surface area contributed by atoms with Crippen molar-refractivity contribution >= 4 is 46.4 Å². The van der Waals surface area contributed by atoms with E-state index in [0.717, 1.165) is 64.6 Å². The molecule has 5 heterocycles. The van der Waals surface area contributed by atoms with E-state index < -0.39 is 41.2 Å². The highest BCUT2D eigenvalue weighted by Crippen LogP contribution is 2.33. The molecule has 2 N–H and O–H groups in total. The van der Waals surface area contributed by atoms with Gasteiger partial charge in [0.1, 0.15) is 41.3 Å². The average molecular weight is 1260 g/mol. The number of carbonyl (C=O) groups is 6. The smallest absolute Gasteiger partial charge is 0.411 e. The highest BCUT2D eigenvalue weighted by Gasteiger charge is 2.38. The molecule has 0 radical (unpaired) electrons. The fraction of sp³-hybridized carbons (Fsp3) is 0.536. The van der Waals surface area contributed by atoms with Crippen molar-refractivity contribution < 1.29 is 51.8 Å². The van der Waals surface area contributed by atoms with Gasteiger partial charge in [-0.05, 0) is 145 Å². The zero-order valence-electron chi connectivity index (χ0n) is 53.3. The lowest BCUT2D eigenvalue weighted by Gasteiger charge is -2.41.